The number of carbonyl (C=O) groups excluding carboxylic acids is 3. The lowest BCUT2D eigenvalue weighted by atomic mass is 10.0. The maximum absolute atomic E-state index is 12.8. The number of ether oxygens (including phenoxy) is 1. The highest BCUT2D eigenvalue weighted by molar-refractivity contribution is 6.08. The van der Waals surface area contributed by atoms with Crippen molar-refractivity contribution in [3.63, 3.8) is 0 Å². The summed E-state index contributed by atoms with van der Waals surface area (Å²) in [5, 5.41) is 12.1. The van der Waals surface area contributed by atoms with E-state index in [1.54, 1.807) is 24.3 Å². The minimum Gasteiger partial charge on any atom is -0.466 e. The van der Waals surface area contributed by atoms with Crippen LogP contribution >= 0.6 is 0 Å². The van der Waals surface area contributed by atoms with Crippen molar-refractivity contribution in [3.05, 3.63) is 41.1 Å². The second-order valence-electron chi connectivity index (χ2n) is 7.34. The number of nitrogens with zero attached hydrogens (tertiary/aromatic N) is 2. The average Bonchev–Trinajstić information content (AvgIpc) is 3.04. The number of methoxy groups -OCH3 is 1. The van der Waals surface area contributed by atoms with Crippen molar-refractivity contribution in [2.24, 2.45) is 0 Å². The normalized spacial score (nSPS) is 19.6. The molecule has 1 aromatic rings. The number of hydrogen-bond acceptors (Lipinski definition) is 6. The number of esters is 1. The minimum absolute atomic E-state index is 0.00396. The second kappa shape index (κ2) is 9.09. The zero-order valence-corrected chi connectivity index (χ0v) is 16.8. The zero-order valence-electron chi connectivity index (χ0n) is 16.8. The first-order valence-corrected chi connectivity index (χ1v) is 9.86. The number of anilines is 1. The first-order valence-electron chi connectivity index (χ1n) is 9.86. The zero-order chi connectivity index (χ0) is 21.0. The lowest BCUT2D eigenvalue weighted by Crippen LogP contribution is -2.42. The summed E-state index contributed by atoms with van der Waals surface area (Å²) in [4.78, 5) is 40.7. The number of aliphatic hydroxyl groups is 1. The fraction of sp³-hybridized carbons (Fsp3) is 0.476. The first kappa shape index (κ1) is 20.9. The van der Waals surface area contributed by atoms with E-state index >= 15 is 0 Å². The Balaban J connectivity index is 1.76. The van der Waals surface area contributed by atoms with Crippen LogP contribution in [0, 0.1) is 0 Å². The number of benzene rings is 1. The van der Waals surface area contributed by atoms with Crippen LogP contribution in [0.2, 0.25) is 0 Å². The molecule has 0 radical (unpaired) electrons. The van der Waals surface area contributed by atoms with Gasteiger partial charge in [-0.1, -0.05) is 0 Å². The summed E-state index contributed by atoms with van der Waals surface area (Å²) >= 11 is 0. The quantitative estimate of drug-likeness (QED) is 0.699. The van der Waals surface area contributed by atoms with Crippen molar-refractivity contribution < 1.29 is 24.2 Å². The smallest absolute Gasteiger partial charge is 0.337 e. The van der Waals surface area contributed by atoms with Crippen molar-refractivity contribution in [2.75, 3.05) is 38.7 Å². The molecule has 1 unspecified atom stereocenters. The molecule has 2 aliphatic heterocycles. The number of rotatable bonds is 6. The van der Waals surface area contributed by atoms with Crippen LogP contribution in [0.5, 0.6) is 0 Å². The first-order chi connectivity index (χ1) is 14.0. The molecule has 0 bridgehead atoms. The number of hydrogen-bond donors (Lipinski definition) is 2. The minimum atomic E-state index is -0.591. The summed E-state index contributed by atoms with van der Waals surface area (Å²) in [6.45, 7) is 2.85. The Labute approximate surface area is 170 Å². The van der Waals surface area contributed by atoms with Gasteiger partial charge in [-0.3, -0.25) is 9.59 Å². The van der Waals surface area contributed by atoms with Crippen molar-refractivity contribution >= 4 is 23.5 Å². The van der Waals surface area contributed by atoms with E-state index in [0.717, 1.165) is 25.8 Å². The molecule has 0 saturated carbocycles. The van der Waals surface area contributed by atoms with Crippen LogP contribution in [-0.4, -0.2) is 72.1 Å². The van der Waals surface area contributed by atoms with E-state index in [-0.39, 0.29) is 48.8 Å². The molecule has 1 atom stereocenters. The van der Waals surface area contributed by atoms with E-state index < -0.39 is 5.97 Å². The van der Waals surface area contributed by atoms with Gasteiger partial charge in [0.1, 0.15) is 5.70 Å². The van der Waals surface area contributed by atoms with Crippen LogP contribution in [-0.2, 0) is 14.3 Å². The molecule has 0 aliphatic carbocycles. The molecule has 2 amide bonds. The van der Waals surface area contributed by atoms with Crippen LogP contribution in [0.15, 0.2) is 35.5 Å². The van der Waals surface area contributed by atoms with Gasteiger partial charge >= 0.3 is 5.97 Å². The summed E-state index contributed by atoms with van der Waals surface area (Å²) in [6.07, 6.45) is 3.18. The fourth-order valence-electron chi connectivity index (χ4n) is 3.76. The Kier molecular flexibility index (Phi) is 6.53. The highest BCUT2D eigenvalue weighted by Gasteiger charge is 2.34. The van der Waals surface area contributed by atoms with E-state index in [4.69, 9.17) is 9.84 Å². The van der Waals surface area contributed by atoms with Crippen LogP contribution in [0.1, 0.15) is 36.5 Å². The van der Waals surface area contributed by atoms with Gasteiger partial charge in [-0.15, -0.1) is 0 Å². The number of β-amino-alcohol motifs (C(OH)–C–C–N with tert-alkyl or cyclic N) is 1. The summed E-state index contributed by atoms with van der Waals surface area (Å²) < 4.78 is 4.78. The van der Waals surface area contributed by atoms with Gasteiger partial charge < -0.3 is 25.0 Å². The van der Waals surface area contributed by atoms with Crippen molar-refractivity contribution in [1.29, 1.82) is 0 Å². The topological polar surface area (TPSA) is 99.2 Å². The molecule has 8 heteroatoms. The van der Waals surface area contributed by atoms with Gasteiger partial charge in [-0.05, 0) is 50.5 Å². The Bertz CT molecular complexity index is 818. The fourth-order valence-corrected chi connectivity index (χ4v) is 3.76. The average molecular weight is 401 g/mol. The van der Waals surface area contributed by atoms with Gasteiger partial charge in [-0.2, -0.15) is 0 Å². The maximum Gasteiger partial charge on any atom is 0.337 e. The van der Waals surface area contributed by atoms with E-state index in [9.17, 15) is 14.4 Å². The van der Waals surface area contributed by atoms with Crippen LogP contribution in [0.25, 0.3) is 0 Å². The van der Waals surface area contributed by atoms with Crippen LogP contribution in [0.4, 0.5) is 5.69 Å². The molecule has 2 heterocycles. The van der Waals surface area contributed by atoms with Crippen LogP contribution < -0.4 is 5.32 Å². The molecular formula is C21H27N3O5. The van der Waals surface area contributed by atoms with Gasteiger partial charge in [0, 0.05) is 30.4 Å². The number of piperidine rings is 1. The van der Waals surface area contributed by atoms with Crippen molar-refractivity contribution in [2.45, 2.75) is 32.2 Å². The van der Waals surface area contributed by atoms with E-state index in [1.807, 2.05) is 4.90 Å². The largest absolute Gasteiger partial charge is 0.466 e. The van der Waals surface area contributed by atoms with Gasteiger partial charge in [-0.25, -0.2) is 4.79 Å². The standard InChI is InChI=1S/C21H27N3O5/c1-14-5-3-4-10-24(14)19(26)15-6-8-16(9-7-15)22-18-17(21(28)29-2)13-23(11-12-25)20(18)27/h6-9,14,22,25H,3-5,10-13H2,1-2H3. The van der Waals surface area contributed by atoms with E-state index in [1.165, 1.54) is 12.0 Å². The third-order valence-corrected chi connectivity index (χ3v) is 5.42. The van der Waals surface area contributed by atoms with Crippen molar-refractivity contribution in [3.8, 4) is 0 Å². The predicted octanol–water partition coefficient (Wildman–Crippen LogP) is 1.37. The predicted molar refractivity (Wildman–Crippen MR) is 107 cm³/mol. The summed E-state index contributed by atoms with van der Waals surface area (Å²) in [6, 6.07) is 7.10. The van der Waals surface area contributed by atoms with Crippen molar-refractivity contribution in [1.82, 2.24) is 9.80 Å². The Morgan fingerprint density at radius 3 is 2.59 bits per heavy atom. The summed E-state index contributed by atoms with van der Waals surface area (Å²) in [5.74, 6) is -0.960. The summed E-state index contributed by atoms with van der Waals surface area (Å²) in [7, 11) is 1.26. The number of carbonyl (C=O) groups is 3. The number of amides is 2. The van der Waals surface area contributed by atoms with Gasteiger partial charge in [0.05, 0.1) is 25.8 Å². The lowest BCUT2D eigenvalue weighted by molar-refractivity contribution is -0.136. The molecule has 1 fully saturated rings. The molecule has 156 valence electrons. The number of nitrogens with one attached hydrogen (secondary N) is 1. The monoisotopic (exact) mass is 401 g/mol. The molecular weight excluding hydrogens is 374 g/mol. The molecule has 2 aliphatic rings. The molecule has 8 nitrogen and oxygen atoms in total. The molecule has 0 spiro atoms. The third kappa shape index (κ3) is 4.42. The molecule has 2 N–H and O–H groups in total. The third-order valence-electron chi connectivity index (χ3n) is 5.42. The molecule has 1 aromatic carbocycles. The Morgan fingerprint density at radius 2 is 1.97 bits per heavy atom. The van der Waals surface area contributed by atoms with Gasteiger partial charge in [0.15, 0.2) is 0 Å². The lowest BCUT2D eigenvalue weighted by Gasteiger charge is -2.33. The molecule has 1 saturated heterocycles. The molecule has 29 heavy (non-hydrogen) atoms. The second-order valence-corrected chi connectivity index (χ2v) is 7.34. The Hall–Kier alpha value is -2.87. The maximum atomic E-state index is 12.8. The SMILES string of the molecule is COC(=O)C1=C(Nc2ccc(C(=O)N3CCCCC3C)cc2)C(=O)N(CCO)C1. The van der Waals surface area contributed by atoms with E-state index in [2.05, 4.69) is 12.2 Å². The molecule has 3 rings (SSSR count). The highest BCUT2D eigenvalue weighted by Crippen LogP contribution is 2.24. The highest BCUT2D eigenvalue weighted by atomic mass is 16.5. The summed E-state index contributed by atoms with van der Waals surface area (Å²) in [5.41, 5.74) is 1.53. The van der Waals surface area contributed by atoms with Gasteiger partial charge in [0.25, 0.3) is 11.8 Å². The van der Waals surface area contributed by atoms with Crippen LogP contribution in [0.3, 0.4) is 0 Å². The van der Waals surface area contributed by atoms with E-state index in [0.29, 0.717) is 11.3 Å². The Morgan fingerprint density at radius 1 is 1.24 bits per heavy atom. The van der Waals surface area contributed by atoms with Gasteiger partial charge in [0.2, 0.25) is 0 Å². The number of aliphatic hydroxyl groups excluding tert-OH is 1. The molecule has 0 aromatic heterocycles. The number of likely N-dealkylation sites (tertiary alicyclic amines) is 1.